The molecule has 1 amide bonds. The van der Waals surface area contributed by atoms with Crippen LogP contribution in [-0.2, 0) is 4.79 Å². The van der Waals surface area contributed by atoms with E-state index in [9.17, 15) is 14.9 Å². The van der Waals surface area contributed by atoms with E-state index in [1.807, 2.05) is 13.8 Å². The fraction of sp³-hybridized carbons (Fsp3) is 0.462. The Bertz CT molecular complexity index is 522. The topological polar surface area (TPSA) is 107 Å². The molecular weight excluding hydrogens is 342 g/mol. The molecule has 0 aromatic heterocycles. The van der Waals surface area contributed by atoms with Crippen LogP contribution in [0.3, 0.4) is 0 Å². The second-order valence-electron chi connectivity index (χ2n) is 4.76. The number of rotatable bonds is 8. The highest BCUT2D eigenvalue weighted by molar-refractivity contribution is 9.10. The summed E-state index contributed by atoms with van der Waals surface area (Å²) in [6.07, 6.45) is 0.378. The van der Waals surface area contributed by atoms with Gasteiger partial charge < -0.3 is 15.8 Å². The largest absolute Gasteiger partial charge is 0.492 e. The van der Waals surface area contributed by atoms with Crippen LogP contribution in [0.1, 0.15) is 20.3 Å². The van der Waals surface area contributed by atoms with E-state index >= 15 is 0 Å². The lowest BCUT2D eigenvalue weighted by Crippen LogP contribution is -2.45. The number of halogens is 1. The van der Waals surface area contributed by atoms with Crippen molar-refractivity contribution >= 4 is 27.5 Å². The Labute approximate surface area is 131 Å². The van der Waals surface area contributed by atoms with Crippen molar-refractivity contribution in [1.29, 1.82) is 0 Å². The molecule has 1 rings (SSSR count). The highest BCUT2D eigenvalue weighted by Gasteiger charge is 2.18. The van der Waals surface area contributed by atoms with Crippen molar-refractivity contribution in [1.82, 2.24) is 5.32 Å². The third kappa shape index (κ3) is 5.31. The molecule has 1 aromatic carbocycles. The summed E-state index contributed by atoms with van der Waals surface area (Å²) in [7, 11) is 0. The summed E-state index contributed by atoms with van der Waals surface area (Å²) >= 11 is 3.14. The Hall–Kier alpha value is -1.67. The predicted octanol–water partition coefficient (Wildman–Crippen LogP) is 1.98. The maximum absolute atomic E-state index is 11.3. The number of benzene rings is 1. The predicted molar refractivity (Wildman–Crippen MR) is 82.2 cm³/mol. The average molecular weight is 360 g/mol. The van der Waals surface area contributed by atoms with Gasteiger partial charge in [-0.25, -0.2) is 0 Å². The van der Waals surface area contributed by atoms with E-state index < -0.39 is 16.9 Å². The van der Waals surface area contributed by atoms with Gasteiger partial charge in [0.1, 0.15) is 10.2 Å². The molecule has 0 aliphatic rings. The highest BCUT2D eigenvalue weighted by atomic mass is 79.9. The molecule has 116 valence electrons. The van der Waals surface area contributed by atoms with Gasteiger partial charge in [0, 0.05) is 18.5 Å². The van der Waals surface area contributed by atoms with Gasteiger partial charge in [0.25, 0.3) is 5.69 Å². The number of nitrogens with two attached hydrogens (primary N) is 1. The van der Waals surface area contributed by atoms with E-state index in [2.05, 4.69) is 21.2 Å². The summed E-state index contributed by atoms with van der Waals surface area (Å²) in [5.41, 5.74) is 5.23. The lowest BCUT2D eigenvalue weighted by atomic mass is 10.2. The molecule has 1 unspecified atom stereocenters. The minimum atomic E-state index is -0.498. The van der Waals surface area contributed by atoms with Crippen molar-refractivity contribution in [3.8, 4) is 5.75 Å². The third-order valence-electron chi connectivity index (χ3n) is 2.68. The van der Waals surface area contributed by atoms with Gasteiger partial charge in [0.15, 0.2) is 0 Å². The van der Waals surface area contributed by atoms with E-state index in [-0.39, 0.29) is 22.8 Å². The van der Waals surface area contributed by atoms with Crippen LogP contribution in [-0.4, -0.2) is 29.5 Å². The number of hydrogen-bond donors (Lipinski definition) is 2. The molecule has 0 radical (unpaired) electrons. The third-order valence-corrected chi connectivity index (χ3v) is 3.48. The number of carbonyl (C=O) groups is 1. The molecule has 0 bridgehead atoms. The molecule has 8 heteroatoms. The number of nitro groups is 1. The number of nitrogens with zero attached hydrogens (tertiary/aromatic N) is 1. The van der Waals surface area contributed by atoms with Crippen molar-refractivity contribution < 1.29 is 14.5 Å². The summed E-state index contributed by atoms with van der Waals surface area (Å²) < 4.78 is 5.77. The van der Waals surface area contributed by atoms with Crippen LogP contribution in [0, 0.1) is 10.1 Å². The Balaban J connectivity index is 2.65. The second kappa shape index (κ2) is 7.94. The number of primary amides is 1. The van der Waals surface area contributed by atoms with E-state index in [0.717, 1.165) is 0 Å². The maximum atomic E-state index is 11.3. The van der Waals surface area contributed by atoms with Crippen LogP contribution in [0.15, 0.2) is 22.7 Å². The van der Waals surface area contributed by atoms with Gasteiger partial charge in [-0.2, -0.15) is 0 Å². The molecule has 0 spiro atoms. The summed E-state index contributed by atoms with van der Waals surface area (Å²) in [5, 5.41) is 13.9. The van der Waals surface area contributed by atoms with Gasteiger partial charge in [-0.3, -0.25) is 14.9 Å². The zero-order chi connectivity index (χ0) is 16.0. The molecule has 0 fully saturated rings. The number of nitrogens with one attached hydrogen (secondary N) is 1. The van der Waals surface area contributed by atoms with Crippen molar-refractivity contribution in [3.63, 3.8) is 0 Å². The van der Waals surface area contributed by atoms with Gasteiger partial charge in [0.05, 0.1) is 17.6 Å². The minimum absolute atomic E-state index is 0.0701. The summed E-state index contributed by atoms with van der Waals surface area (Å²) in [6, 6.07) is 4.15. The van der Waals surface area contributed by atoms with Crippen LogP contribution >= 0.6 is 15.9 Å². The molecule has 0 aliphatic heterocycles. The molecule has 7 nitrogen and oxygen atoms in total. The van der Waals surface area contributed by atoms with E-state index in [1.165, 1.54) is 12.1 Å². The first-order valence-electron chi connectivity index (χ1n) is 6.44. The summed E-state index contributed by atoms with van der Waals surface area (Å²) in [5.74, 6) is -0.0950. The molecule has 1 aromatic rings. The van der Waals surface area contributed by atoms with Gasteiger partial charge in [-0.1, -0.05) is 19.9 Å². The quantitative estimate of drug-likeness (QED) is 0.544. The first kappa shape index (κ1) is 17.4. The molecule has 3 N–H and O–H groups in total. The molecule has 1 atom stereocenters. The fourth-order valence-corrected chi connectivity index (χ4v) is 2.27. The lowest BCUT2D eigenvalue weighted by Gasteiger charge is -2.18. The van der Waals surface area contributed by atoms with Crippen LogP contribution in [0.25, 0.3) is 0 Å². The maximum Gasteiger partial charge on any atom is 0.287 e. The number of hydrogen-bond acceptors (Lipinski definition) is 5. The van der Waals surface area contributed by atoms with Gasteiger partial charge in [-0.15, -0.1) is 0 Å². The van der Waals surface area contributed by atoms with Crippen LogP contribution in [0.2, 0.25) is 0 Å². The summed E-state index contributed by atoms with van der Waals surface area (Å²) in [4.78, 5) is 21.6. The Morgan fingerprint density at radius 2 is 2.19 bits per heavy atom. The number of amides is 1. The lowest BCUT2D eigenvalue weighted by molar-refractivity contribution is -0.385. The first-order valence-corrected chi connectivity index (χ1v) is 7.23. The number of nitro benzene ring substituents is 1. The molecule has 0 aliphatic carbocycles. The smallest absolute Gasteiger partial charge is 0.287 e. The van der Waals surface area contributed by atoms with Crippen molar-refractivity contribution in [3.05, 3.63) is 32.8 Å². The normalized spacial score (nSPS) is 12.2. The Morgan fingerprint density at radius 1 is 1.52 bits per heavy atom. The van der Waals surface area contributed by atoms with Gasteiger partial charge in [0.2, 0.25) is 5.91 Å². The fourth-order valence-electron chi connectivity index (χ4n) is 1.75. The number of ether oxygens (including phenoxy) is 1. The van der Waals surface area contributed by atoms with Crippen molar-refractivity contribution in [2.24, 2.45) is 5.73 Å². The Kier molecular flexibility index (Phi) is 6.57. The van der Waals surface area contributed by atoms with Gasteiger partial charge >= 0.3 is 0 Å². The first-order chi connectivity index (χ1) is 9.82. The average Bonchev–Trinajstić information content (AvgIpc) is 2.38. The zero-order valence-corrected chi connectivity index (χ0v) is 13.4. The van der Waals surface area contributed by atoms with Crippen LogP contribution in [0.5, 0.6) is 5.75 Å². The molecule has 0 saturated carbocycles. The monoisotopic (exact) mass is 359 g/mol. The van der Waals surface area contributed by atoms with E-state index in [4.69, 9.17) is 10.5 Å². The second-order valence-corrected chi connectivity index (χ2v) is 5.55. The molecule has 0 saturated heterocycles. The molecule has 21 heavy (non-hydrogen) atoms. The van der Waals surface area contributed by atoms with Gasteiger partial charge in [-0.05, 0) is 22.0 Å². The molecule has 0 heterocycles. The Morgan fingerprint density at radius 3 is 2.71 bits per heavy atom. The van der Waals surface area contributed by atoms with Crippen molar-refractivity contribution in [2.45, 2.75) is 32.4 Å². The highest BCUT2D eigenvalue weighted by Crippen LogP contribution is 2.33. The summed E-state index contributed by atoms with van der Waals surface area (Å²) in [6.45, 7) is 4.04. The van der Waals surface area contributed by atoms with E-state index in [1.54, 1.807) is 6.07 Å². The SMILES string of the molecule is CC(C)NC(CCOc1cccc([N+](=O)[O-])c1Br)C(N)=O. The number of carbonyl (C=O) groups excluding carboxylic acids is 1. The van der Waals surface area contributed by atoms with Crippen molar-refractivity contribution in [2.75, 3.05) is 6.61 Å². The minimum Gasteiger partial charge on any atom is -0.492 e. The van der Waals surface area contributed by atoms with Crippen LogP contribution < -0.4 is 15.8 Å². The standard InChI is InChI=1S/C13H18BrN3O4/c1-8(2)16-9(13(15)18)6-7-21-11-5-3-4-10(12(11)14)17(19)20/h3-5,8-9,16H,6-7H2,1-2H3,(H2,15,18). The zero-order valence-electron chi connectivity index (χ0n) is 11.8. The van der Waals surface area contributed by atoms with E-state index in [0.29, 0.717) is 12.2 Å². The molecular formula is C13H18BrN3O4. The van der Waals surface area contributed by atoms with Crippen LogP contribution in [0.4, 0.5) is 5.69 Å².